The largest absolute Gasteiger partial charge is 0.491 e. The summed E-state index contributed by atoms with van der Waals surface area (Å²) in [7, 11) is 0. The van der Waals surface area contributed by atoms with E-state index in [0.29, 0.717) is 13.2 Å². The second kappa shape index (κ2) is 8.44. The maximum atomic E-state index is 6.09. The zero-order valence-electron chi connectivity index (χ0n) is 18.7. The van der Waals surface area contributed by atoms with Gasteiger partial charge in [-0.15, -0.1) is 0 Å². The van der Waals surface area contributed by atoms with Crippen molar-refractivity contribution in [2.75, 3.05) is 26.4 Å². The third kappa shape index (κ3) is 5.44. The van der Waals surface area contributed by atoms with Gasteiger partial charge in [0.05, 0.1) is 13.2 Å². The Morgan fingerprint density at radius 2 is 1.47 bits per heavy atom. The SMILES string of the molecule is Cc1cc(OCC2CO2)ccc1/C=C/c1cc(C(C)(C)C)c(OCC2CO2)cc1C. The van der Waals surface area contributed by atoms with E-state index in [2.05, 4.69) is 71.0 Å². The zero-order valence-corrected chi connectivity index (χ0v) is 18.7. The first-order chi connectivity index (χ1) is 14.3. The average molecular weight is 409 g/mol. The van der Waals surface area contributed by atoms with Crippen molar-refractivity contribution in [3.8, 4) is 11.5 Å². The topological polar surface area (TPSA) is 43.5 Å². The first kappa shape index (κ1) is 21.0. The summed E-state index contributed by atoms with van der Waals surface area (Å²) < 4.78 is 22.4. The fraction of sp³-hybridized carbons (Fsp3) is 0.462. The number of hydrogen-bond donors (Lipinski definition) is 0. The molecule has 2 atom stereocenters. The predicted octanol–water partition coefficient (Wildman–Crippen LogP) is 5.33. The van der Waals surface area contributed by atoms with E-state index in [1.54, 1.807) is 0 Å². The minimum absolute atomic E-state index is 0.00376. The van der Waals surface area contributed by atoms with E-state index < -0.39 is 0 Å². The van der Waals surface area contributed by atoms with Crippen LogP contribution in [0.1, 0.15) is 48.6 Å². The summed E-state index contributed by atoms with van der Waals surface area (Å²) in [6, 6.07) is 10.7. The summed E-state index contributed by atoms with van der Waals surface area (Å²) in [6.07, 6.45) is 4.90. The Balaban J connectivity index is 1.53. The molecule has 0 radical (unpaired) electrons. The fourth-order valence-electron chi connectivity index (χ4n) is 3.39. The van der Waals surface area contributed by atoms with Gasteiger partial charge in [-0.2, -0.15) is 0 Å². The van der Waals surface area contributed by atoms with Crippen molar-refractivity contribution in [2.45, 2.75) is 52.2 Å². The van der Waals surface area contributed by atoms with Gasteiger partial charge in [0.1, 0.15) is 36.9 Å². The van der Waals surface area contributed by atoms with Gasteiger partial charge in [-0.05, 0) is 65.8 Å². The average Bonchev–Trinajstić information content (AvgIpc) is 3.59. The van der Waals surface area contributed by atoms with Crippen molar-refractivity contribution in [1.29, 1.82) is 0 Å². The number of hydrogen-bond acceptors (Lipinski definition) is 4. The molecule has 2 aromatic rings. The molecule has 0 aromatic heterocycles. The van der Waals surface area contributed by atoms with Crippen LogP contribution in [0.25, 0.3) is 12.2 Å². The van der Waals surface area contributed by atoms with Crippen LogP contribution in [-0.4, -0.2) is 38.6 Å². The van der Waals surface area contributed by atoms with Crippen molar-refractivity contribution >= 4 is 12.2 Å². The Morgan fingerprint density at radius 3 is 2.07 bits per heavy atom. The molecule has 2 aromatic carbocycles. The highest BCUT2D eigenvalue weighted by atomic mass is 16.6. The van der Waals surface area contributed by atoms with Crippen molar-refractivity contribution in [1.82, 2.24) is 0 Å². The van der Waals surface area contributed by atoms with Crippen molar-refractivity contribution in [3.05, 3.63) is 58.1 Å². The molecule has 0 spiro atoms. The van der Waals surface area contributed by atoms with Crippen LogP contribution in [0, 0.1) is 13.8 Å². The second-order valence-electron chi connectivity index (χ2n) is 9.34. The van der Waals surface area contributed by atoms with Gasteiger partial charge in [0, 0.05) is 5.56 Å². The first-order valence-electron chi connectivity index (χ1n) is 10.7. The van der Waals surface area contributed by atoms with E-state index in [-0.39, 0.29) is 17.6 Å². The number of aryl methyl sites for hydroxylation is 2. The molecule has 2 saturated heterocycles. The molecule has 4 rings (SSSR count). The lowest BCUT2D eigenvalue weighted by atomic mass is 9.84. The van der Waals surface area contributed by atoms with E-state index in [9.17, 15) is 0 Å². The standard InChI is InChI=1S/C26H32O4/c1-17-10-21(27-13-22-14-28-22)9-8-19(17)6-7-20-12-24(26(3,4)5)25(11-18(20)2)30-16-23-15-29-23/h6-12,22-23H,13-16H2,1-5H3/b7-6+. The van der Waals surface area contributed by atoms with Gasteiger partial charge < -0.3 is 18.9 Å². The molecular weight excluding hydrogens is 376 g/mol. The highest BCUT2D eigenvalue weighted by Gasteiger charge is 2.26. The summed E-state index contributed by atoms with van der Waals surface area (Å²) >= 11 is 0. The fourth-order valence-corrected chi connectivity index (χ4v) is 3.39. The second-order valence-corrected chi connectivity index (χ2v) is 9.34. The van der Waals surface area contributed by atoms with Gasteiger partial charge in [-0.3, -0.25) is 0 Å². The lowest BCUT2D eigenvalue weighted by molar-refractivity contribution is 0.258. The Bertz CT molecular complexity index is 931. The molecule has 2 heterocycles. The van der Waals surface area contributed by atoms with E-state index >= 15 is 0 Å². The summed E-state index contributed by atoms with van der Waals surface area (Å²) in [5, 5.41) is 0. The lowest BCUT2D eigenvalue weighted by Gasteiger charge is -2.24. The molecule has 2 aliphatic rings. The summed E-state index contributed by atoms with van der Waals surface area (Å²) in [5.74, 6) is 1.86. The Morgan fingerprint density at radius 1 is 0.867 bits per heavy atom. The number of ether oxygens (including phenoxy) is 4. The highest BCUT2D eigenvalue weighted by Crippen LogP contribution is 2.35. The number of benzene rings is 2. The summed E-state index contributed by atoms with van der Waals surface area (Å²) in [6.45, 7) is 13.8. The molecule has 30 heavy (non-hydrogen) atoms. The van der Waals surface area contributed by atoms with Crippen LogP contribution < -0.4 is 9.47 Å². The number of rotatable bonds is 8. The highest BCUT2D eigenvalue weighted by molar-refractivity contribution is 5.74. The molecule has 0 amide bonds. The molecule has 0 bridgehead atoms. The Hall–Kier alpha value is -2.30. The normalized spacial score (nSPS) is 20.4. The van der Waals surface area contributed by atoms with E-state index in [4.69, 9.17) is 18.9 Å². The molecule has 4 nitrogen and oxygen atoms in total. The monoisotopic (exact) mass is 408 g/mol. The van der Waals surface area contributed by atoms with Crippen LogP contribution in [0.2, 0.25) is 0 Å². The van der Waals surface area contributed by atoms with E-state index in [1.807, 2.05) is 6.07 Å². The zero-order chi connectivity index (χ0) is 21.3. The minimum atomic E-state index is -0.00376. The van der Waals surface area contributed by atoms with Gasteiger partial charge in [-0.25, -0.2) is 0 Å². The van der Waals surface area contributed by atoms with Gasteiger partial charge >= 0.3 is 0 Å². The number of epoxide rings is 2. The quantitative estimate of drug-likeness (QED) is 0.438. The smallest absolute Gasteiger partial charge is 0.123 e. The minimum Gasteiger partial charge on any atom is -0.491 e. The van der Waals surface area contributed by atoms with Crippen LogP contribution >= 0.6 is 0 Å². The molecule has 0 saturated carbocycles. The van der Waals surface area contributed by atoms with Crippen molar-refractivity contribution in [3.63, 3.8) is 0 Å². The molecular formula is C26H32O4. The van der Waals surface area contributed by atoms with Gasteiger partial charge in [0.25, 0.3) is 0 Å². The Labute approximate surface area is 179 Å². The first-order valence-corrected chi connectivity index (χ1v) is 10.7. The Kier molecular flexibility index (Phi) is 5.90. The predicted molar refractivity (Wildman–Crippen MR) is 120 cm³/mol. The third-order valence-corrected chi connectivity index (χ3v) is 5.53. The third-order valence-electron chi connectivity index (χ3n) is 5.53. The molecule has 2 unspecified atom stereocenters. The van der Waals surface area contributed by atoms with E-state index in [0.717, 1.165) is 24.7 Å². The van der Waals surface area contributed by atoms with Gasteiger partial charge in [0.2, 0.25) is 0 Å². The van der Waals surface area contributed by atoms with Crippen LogP contribution in [0.3, 0.4) is 0 Å². The molecule has 2 aliphatic heterocycles. The van der Waals surface area contributed by atoms with Crippen molar-refractivity contribution in [2.24, 2.45) is 0 Å². The van der Waals surface area contributed by atoms with E-state index in [1.165, 1.54) is 27.8 Å². The summed E-state index contributed by atoms with van der Waals surface area (Å²) in [5.41, 5.74) is 6.01. The molecule has 160 valence electrons. The molecule has 2 fully saturated rings. The van der Waals surface area contributed by atoms with Crippen LogP contribution in [0.4, 0.5) is 0 Å². The van der Waals surface area contributed by atoms with Gasteiger partial charge in [0.15, 0.2) is 0 Å². The summed E-state index contributed by atoms with van der Waals surface area (Å²) in [4.78, 5) is 0. The van der Waals surface area contributed by atoms with Gasteiger partial charge in [-0.1, -0.05) is 39.0 Å². The molecule has 0 aliphatic carbocycles. The lowest BCUT2D eigenvalue weighted by Crippen LogP contribution is -2.15. The molecule has 4 heteroatoms. The molecule has 0 N–H and O–H groups in total. The van der Waals surface area contributed by atoms with Crippen LogP contribution in [0.15, 0.2) is 30.3 Å². The van der Waals surface area contributed by atoms with Crippen LogP contribution in [-0.2, 0) is 14.9 Å². The maximum Gasteiger partial charge on any atom is 0.123 e. The van der Waals surface area contributed by atoms with Crippen molar-refractivity contribution < 1.29 is 18.9 Å². The maximum absolute atomic E-state index is 6.09. The van der Waals surface area contributed by atoms with Crippen LogP contribution in [0.5, 0.6) is 11.5 Å².